The summed E-state index contributed by atoms with van der Waals surface area (Å²) in [5.74, 6) is -0.490. The van der Waals surface area contributed by atoms with Crippen molar-refractivity contribution in [2.24, 2.45) is 5.73 Å². The minimum Gasteiger partial charge on any atom is -0.368 e. The van der Waals surface area contributed by atoms with Gasteiger partial charge in [-0.05, 0) is 12.8 Å². The number of primary amides is 1. The number of carbonyl (C=O) groups excluding carboxylic acids is 1. The van der Waals surface area contributed by atoms with Gasteiger partial charge < -0.3 is 5.73 Å². The molecule has 0 radical (unpaired) electrons. The third kappa shape index (κ3) is 1.49. The molecule has 0 aromatic carbocycles. The number of nitrogens with two attached hydrogens (primary N) is 1. The fourth-order valence-electron chi connectivity index (χ4n) is 1.35. The molecule has 2 rings (SSSR count). The molecule has 1 aromatic rings. The van der Waals surface area contributed by atoms with E-state index < -0.39 is 5.91 Å². The molecule has 0 aliphatic heterocycles. The largest absolute Gasteiger partial charge is 0.368 e. The van der Waals surface area contributed by atoms with Crippen LogP contribution in [0.5, 0.6) is 0 Å². The van der Waals surface area contributed by atoms with Crippen molar-refractivity contribution in [3.05, 3.63) is 22.9 Å². The maximum atomic E-state index is 11.5. The molecule has 5 heteroatoms. The Kier molecular flexibility index (Phi) is 1.72. The summed E-state index contributed by atoms with van der Waals surface area (Å²) in [6.45, 7) is -0.0292. The molecule has 0 atom stereocenters. The predicted molar refractivity (Wildman–Crippen MR) is 46.2 cm³/mol. The van der Waals surface area contributed by atoms with E-state index in [0.29, 0.717) is 6.04 Å². The average molecular weight is 181 g/mol. The van der Waals surface area contributed by atoms with Gasteiger partial charge >= 0.3 is 5.69 Å². The number of imidazole rings is 1. The van der Waals surface area contributed by atoms with Gasteiger partial charge in [0.25, 0.3) is 0 Å². The lowest BCUT2D eigenvalue weighted by Gasteiger charge is -1.96. The molecule has 1 aromatic heterocycles. The van der Waals surface area contributed by atoms with E-state index in [1.54, 1.807) is 17.0 Å². The van der Waals surface area contributed by atoms with Crippen LogP contribution in [-0.2, 0) is 11.3 Å². The molecule has 0 saturated heterocycles. The number of hydrogen-bond acceptors (Lipinski definition) is 2. The fourth-order valence-corrected chi connectivity index (χ4v) is 1.35. The molecule has 1 fully saturated rings. The van der Waals surface area contributed by atoms with E-state index in [9.17, 15) is 9.59 Å². The Balaban J connectivity index is 2.27. The lowest BCUT2D eigenvalue weighted by Crippen LogP contribution is -2.29. The first-order chi connectivity index (χ1) is 6.18. The highest BCUT2D eigenvalue weighted by Crippen LogP contribution is 2.33. The van der Waals surface area contributed by atoms with Crippen LogP contribution >= 0.6 is 0 Å². The number of aromatic nitrogens is 2. The number of amides is 1. The van der Waals surface area contributed by atoms with Gasteiger partial charge in [0.1, 0.15) is 6.54 Å². The molecule has 70 valence electrons. The van der Waals surface area contributed by atoms with E-state index in [1.807, 2.05) is 0 Å². The highest BCUT2D eigenvalue weighted by molar-refractivity contribution is 5.73. The standard InChI is InChI=1S/C8H11N3O2/c9-7(12)5-10-3-4-11(8(10)13)6-1-2-6/h3-4,6H,1-2,5H2,(H2,9,12). The van der Waals surface area contributed by atoms with Crippen molar-refractivity contribution in [3.63, 3.8) is 0 Å². The predicted octanol–water partition coefficient (Wildman–Crippen LogP) is -0.530. The Morgan fingerprint density at radius 2 is 2.23 bits per heavy atom. The zero-order valence-corrected chi connectivity index (χ0v) is 7.14. The molecule has 0 spiro atoms. The van der Waals surface area contributed by atoms with Crippen LogP contribution in [0.2, 0.25) is 0 Å². The Labute approximate surface area is 74.8 Å². The molecule has 1 aliphatic carbocycles. The quantitative estimate of drug-likeness (QED) is 0.681. The minimum atomic E-state index is -0.490. The van der Waals surface area contributed by atoms with Gasteiger partial charge in [0, 0.05) is 18.4 Å². The van der Waals surface area contributed by atoms with E-state index >= 15 is 0 Å². The molecule has 5 nitrogen and oxygen atoms in total. The molecular formula is C8H11N3O2. The molecule has 1 heterocycles. The summed E-state index contributed by atoms with van der Waals surface area (Å²) in [5, 5.41) is 0. The zero-order chi connectivity index (χ0) is 9.42. The van der Waals surface area contributed by atoms with Crippen molar-refractivity contribution in [1.29, 1.82) is 0 Å². The van der Waals surface area contributed by atoms with Crippen LogP contribution in [0.15, 0.2) is 17.2 Å². The summed E-state index contributed by atoms with van der Waals surface area (Å²) in [5.41, 5.74) is 4.85. The van der Waals surface area contributed by atoms with E-state index in [1.165, 1.54) is 4.57 Å². The second-order valence-electron chi connectivity index (χ2n) is 3.31. The maximum absolute atomic E-state index is 11.5. The van der Waals surface area contributed by atoms with Gasteiger partial charge in [0.05, 0.1) is 0 Å². The number of carbonyl (C=O) groups is 1. The van der Waals surface area contributed by atoms with Crippen LogP contribution in [0, 0.1) is 0 Å². The third-order valence-electron chi connectivity index (χ3n) is 2.14. The first-order valence-electron chi connectivity index (χ1n) is 4.24. The molecule has 13 heavy (non-hydrogen) atoms. The normalized spacial score (nSPS) is 16.0. The van der Waals surface area contributed by atoms with E-state index in [2.05, 4.69) is 0 Å². The minimum absolute atomic E-state index is 0.0292. The molecular weight excluding hydrogens is 170 g/mol. The van der Waals surface area contributed by atoms with E-state index in [0.717, 1.165) is 12.8 Å². The van der Waals surface area contributed by atoms with Crippen LogP contribution in [0.25, 0.3) is 0 Å². The van der Waals surface area contributed by atoms with Crippen molar-refractivity contribution in [2.45, 2.75) is 25.4 Å². The summed E-state index contributed by atoms with van der Waals surface area (Å²) >= 11 is 0. The summed E-state index contributed by atoms with van der Waals surface area (Å²) in [4.78, 5) is 22.1. The summed E-state index contributed by atoms with van der Waals surface area (Å²) in [7, 11) is 0. The van der Waals surface area contributed by atoms with Gasteiger partial charge in [0.15, 0.2) is 0 Å². The molecule has 1 amide bonds. The second kappa shape index (κ2) is 2.76. The number of nitrogens with zero attached hydrogens (tertiary/aromatic N) is 2. The Hall–Kier alpha value is -1.52. The van der Waals surface area contributed by atoms with Crippen molar-refractivity contribution in [2.75, 3.05) is 0 Å². The highest BCUT2D eigenvalue weighted by atomic mass is 16.2. The molecule has 2 N–H and O–H groups in total. The molecule has 1 aliphatic rings. The van der Waals surface area contributed by atoms with Gasteiger partial charge in [-0.2, -0.15) is 0 Å². The van der Waals surface area contributed by atoms with Crippen LogP contribution in [0.3, 0.4) is 0 Å². The van der Waals surface area contributed by atoms with Gasteiger partial charge in [-0.3, -0.25) is 13.9 Å². The second-order valence-corrected chi connectivity index (χ2v) is 3.31. The summed E-state index contributed by atoms with van der Waals surface area (Å²) < 4.78 is 2.99. The first-order valence-corrected chi connectivity index (χ1v) is 4.24. The van der Waals surface area contributed by atoms with Crippen molar-refractivity contribution < 1.29 is 4.79 Å². The third-order valence-corrected chi connectivity index (χ3v) is 2.14. The highest BCUT2D eigenvalue weighted by Gasteiger charge is 2.25. The van der Waals surface area contributed by atoms with E-state index in [4.69, 9.17) is 5.73 Å². The maximum Gasteiger partial charge on any atom is 0.328 e. The monoisotopic (exact) mass is 181 g/mol. The Bertz CT molecular complexity index is 386. The van der Waals surface area contributed by atoms with Crippen molar-refractivity contribution >= 4 is 5.91 Å². The van der Waals surface area contributed by atoms with Gasteiger partial charge in [-0.1, -0.05) is 0 Å². The first kappa shape index (κ1) is 8.10. The zero-order valence-electron chi connectivity index (χ0n) is 7.14. The lowest BCUT2D eigenvalue weighted by atomic mass is 10.6. The van der Waals surface area contributed by atoms with Crippen LogP contribution in [-0.4, -0.2) is 15.0 Å². The molecule has 0 bridgehead atoms. The van der Waals surface area contributed by atoms with Gasteiger partial charge in [0.2, 0.25) is 5.91 Å². The van der Waals surface area contributed by atoms with Crippen LogP contribution in [0.4, 0.5) is 0 Å². The smallest absolute Gasteiger partial charge is 0.328 e. The van der Waals surface area contributed by atoms with Gasteiger partial charge in [-0.25, -0.2) is 4.79 Å². The van der Waals surface area contributed by atoms with Crippen molar-refractivity contribution in [3.8, 4) is 0 Å². The van der Waals surface area contributed by atoms with E-state index in [-0.39, 0.29) is 12.2 Å². The van der Waals surface area contributed by atoms with Crippen molar-refractivity contribution in [1.82, 2.24) is 9.13 Å². The Morgan fingerprint density at radius 1 is 1.54 bits per heavy atom. The fraction of sp³-hybridized carbons (Fsp3) is 0.500. The number of rotatable bonds is 3. The summed E-state index contributed by atoms with van der Waals surface area (Å²) in [6.07, 6.45) is 5.43. The van der Waals surface area contributed by atoms with Crippen LogP contribution < -0.4 is 11.4 Å². The SMILES string of the molecule is NC(=O)Cn1ccn(C2CC2)c1=O. The molecule has 1 saturated carbocycles. The lowest BCUT2D eigenvalue weighted by molar-refractivity contribution is -0.118. The Morgan fingerprint density at radius 3 is 2.77 bits per heavy atom. The number of hydrogen-bond donors (Lipinski definition) is 1. The summed E-state index contributed by atoms with van der Waals surface area (Å²) in [6, 6.07) is 0.349. The van der Waals surface area contributed by atoms with Gasteiger partial charge in [-0.15, -0.1) is 0 Å². The molecule has 0 unspecified atom stereocenters. The van der Waals surface area contributed by atoms with Crippen LogP contribution in [0.1, 0.15) is 18.9 Å². The average Bonchev–Trinajstić information content (AvgIpc) is 2.81. The topological polar surface area (TPSA) is 70.0 Å².